The molecule has 1 aromatic carbocycles. The Morgan fingerprint density at radius 3 is 3.00 bits per heavy atom. The van der Waals surface area contributed by atoms with E-state index in [9.17, 15) is 9.18 Å². The average Bonchev–Trinajstić information content (AvgIpc) is 2.92. The van der Waals surface area contributed by atoms with Crippen LogP contribution in [-0.4, -0.2) is 21.6 Å². The Kier molecular flexibility index (Phi) is 5.16. The van der Waals surface area contributed by atoms with Gasteiger partial charge in [-0.15, -0.1) is 0 Å². The molecular weight excluding hydrogens is 295 g/mol. The number of rotatable bonds is 5. The molecule has 2 rings (SSSR count). The van der Waals surface area contributed by atoms with Crippen molar-refractivity contribution < 1.29 is 9.18 Å². The Hall–Kier alpha value is -2.08. The summed E-state index contributed by atoms with van der Waals surface area (Å²) < 4.78 is 14.9. The van der Waals surface area contributed by atoms with Crippen molar-refractivity contribution in [1.29, 1.82) is 0 Å². The zero-order valence-electron chi connectivity index (χ0n) is 11.5. The number of nitrogens with zero attached hydrogens (tertiary/aromatic N) is 2. The Morgan fingerprint density at radius 2 is 2.33 bits per heavy atom. The maximum absolute atomic E-state index is 13.0. The van der Waals surface area contributed by atoms with Crippen molar-refractivity contribution >= 4 is 17.6 Å². The first-order valence-electron chi connectivity index (χ1n) is 6.48. The first kappa shape index (κ1) is 15.3. The van der Waals surface area contributed by atoms with Gasteiger partial charge in [-0.25, -0.2) is 14.2 Å². The van der Waals surface area contributed by atoms with Gasteiger partial charge in [0.25, 0.3) is 0 Å². The lowest BCUT2D eigenvalue weighted by Gasteiger charge is -2.15. The Balaban J connectivity index is 1.77. The van der Waals surface area contributed by atoms with Crippen LogP contribution < -0.4 is 10.6 Å². The maximum atomic E-state index is 13.0. The molecule has 112 valence electrons. The highest BCUT2D eigenvalue weighted by Gasteiger charge is 2.08. The summed E-state index contributed by atoms with van der Waals surface area (Å²) >= 11 is 5.68. The third-order valence-corrected chi connectivity index (χ3v) is 3.15. The Morgan fingerprint density at radius 1 is 1.52 bits per heavy atom. The molecule has 1 atom stereocenters. The van der Waals surface area contributed by atoms with Gasteiger partial charge >= 0.3 is 6.03 Å². The molecule has 0 fully saturated rings. The first-order chi connectivity index (χ1) is 10.0. The molecule has 1 aromatic heterocycles. The van der Waals surface area contributed by atoms with Gasteiger partial charge < -0.3 is 15.2 Å². The summed E-state index contributed by atoms with van der Waals surface area (Å²) in [6.45, 7) is 2.81. The van der Waals surface area contributed by atoms with Gasteiger partial charge in [0.15, 0.2) is 0 Å². The molecule has 0 radical (unpaired) electrons. The fraction of sp³-hybridized carbons (Fsp3) is 0.286. The summed E-state index contributed by atoms with van der Waals surface area (Å²) in [5, 5.41) is 5.55. The minimum atomic E-state index is -0.473. The number of hydrogen-bond acceptors (Lipinski definition) is 2. The first-order valence-corrected chi connectivity index (χ1v) is 6.86. The molecule has 5 nitrogen and oxygen atoms in total. The van der Waals surface area contributed by atoms with Crippen LogP contribution in [0.4, 0.5) is 9.18 Å². The van der Waals surface area contributed by atoms with Gasteiger partial charge in [0, 0.05) is 31.5 Å². The van der Waals surface area contributed by atoms with Crippen molar-refractivity contribution in [2.75, 3.05) is 0 Å². The highest BCUT2D eigenvalue weighted by molar-refractivity contribution is 6.30. The number of benzene rings is 1. The van der Waals surface area contributed by atoms with Crippen molar-refractivity contribution in [3.8, 4) is 0 Å². The number of urea groups is 1. The van der Waals surface area contributed by atoms with E-state index in [-0.39, 0.29) is 23.6 Å². The zero-order valence-corrected chi connectivity index (χ0v) is 12.3. The second-order valence-corrected chi connectivity index (χ2v) is 5.14. The second-order valence-electron chi connectivity index (χ2n) is 4.74. The molecule has 21 heavy (non-hydrogen) atoms. The predicted octanol–water partition coefficient (Wildman–Crippen LogP) is 2.56. The van der Waals surface area contributed by atoms with Gasteiger partial charge in [0.1, 0.15) is 5.82 Å². The van der Waals surface area contributed by atoms with E-state index in [1.807, 2.05) is 17.7 Å². The molecule has 2 amide bonds. The van der Waals surface area contributed by atoms with Gasteiger partial charge in [-0.3, -0.25) is 0 Å². The number of carbonyl (C=O) groups excluding carboxylic acids is 1. The van der Waals surface area contributed by atoms with Crippen LogP contribution >= 0.6 is 11.6 Å². The van der Waals surface area contributed by atoms with Crippen LogP contribution in [0.1, 0.15) is 12.5 Å². The molecule has 0 saturated heterocycles. The number of hydrogen-bond donors (Lipinski definition) is 2. The molecule has 0 spiro atoms. The topological polar surface area (TPSA) is 59.0 Å². The van der Waals surface area contributed by atoms with Crippen molar-refractivity contribution in [3.05, 3.63) is 53.3 Å². The molecular formula is C14H16ClFN4O. The third kappa shape index (κ3) is 4.75. The molecule has 0 saturated carbocycles. The third-order valence-electron chi connectivity index (χ3n) is 2.86. The fourth-order valence-electron chi connectivity index (χ4n) is 1.86. The highest BCUT2D eigenvalue weighted by atomic mass is 35.5. The standard InChI is InChI=1S/C14H16ClFN4O/c1-10(8-20-5-4-17-9-20)19-14(21)18-7-11-2-3-13(16)12(15)6-11/h2-6,9-10H,7-8H2,1H3,(H2,18,19,21)/t10-/m1/s1. The maximum Gasteiger partial charge on any atom is 0.315 e. The molecule has 0 unspecified atom stereocenters. The van der Waals surface area contributed by atoms with Crippen LogP contribution in [0.25, 0.3) is 0 Å². The normalized spacial score (nSPS) is 12.0. The Bertz CT molecular complexity index is 603. The van der Waals surface area contributed by atoms with E-state index < -0.39 is 5.82 Å². The quantitative estimate of drug-likeness (QED) is 0.891. The molecule has 0 aliphatic heterocycles. The lowest BCUT2D eigenvalue weighted by molar-refractivity contribution is 0.236. The molecule has 0 aliphatic rings. The molecule has 2 aromatic rings. The number of nitrogens with one attached hydrogen (secondary N) is 2. The van der Waals surface area contributed by atoms with Crippen LogP contribution in [0.5, 0.6) is 0 Å². The van der Waals surface area contributed by atoms with Crippen LogP contribution in [-0.2, 0) is 13.1 Å². The number of halogens is 2. The number of imidazole rings is 1. The largest absolute Gasteiger partial charge is 0.335 e. The molecule has 0 bridgehead atoms. The van der Waals surface area contributed by atoms with E-state index in [0.29, 0.717) is 6.54 Å². The van der Waals surface area contributed by atoms with Crippen molar-refractivity contribution in [2.45, 2.75) is 26.1 Å². The van der Waals surface area contributed by atoms with Crippen LogP contribution in [0.3, 0.4) is 0 Å². The van der Waals surface area contributed by atoms with E-state index in [1.54, 1.807) is 18.6 Å². The molecule has 1 heterocycles. The fourth-order valence-corrected chi connectivity index (χ4v) is 2.07. The van der Waals surface area contributed by atoms with Crippen molar-refractivity contribution in [1.82, 2.24) is 20.2 Å². The van der Waals surface area contributed by atoms with E-state index in [1.165, 1.54) is 12.1 Å². The molecule has 2 N–H and O–H groups in total. The van der Waals surface area contributed by atoms with E-state index >= 15 is 0 Å². The van der Waals surface area contributed by atoms with E-state index in [0.717, 1.165) is 5.56 Å². The summed E-state index contributed by atoms with van der Waals surface area (Å²) in [6.07, 6.45) is 5.21. The van der Waals surface area contributed by atoms with E-state index in [2.05, 4.69) is 15.6 Å². The monoisotopic (exact) mass is 310 g/mol. The molecule has 7 heteroatoms. The number of amides is 2. The van der Waals surface area contributed by atoms with Crippen molar-refractivity contribution in [3.63, 3.8) is 0 Å². The van der Waals surface area contributed by atoms with Crippen LogP contribution in [0.15, 0.2) is 36.9 Å². The van der Waals surface area contributed by atoms with Gasteiger partial charge in [-0.05, 0) is 24.6 Å². The predicted molar refractivity (Wildman–Crippen MR) is 78.5 cm³/mol. The second kappa shape index (κ2) is 7.08. The summed E-state index contributed by atoms with van der Waals surface area (Å²) in [4.78, 5) is 15.7. The van der Waals surface area contributed by atoms with Gasteiger partial charge in [0.2, 0.25) is 0 Å². The number of carbonyl (C=O) groups is 1. The summed E-state index contributed by atoms with van der Waals surface area (Å²) in [7, 11) is 0. The highest BCUT2D eigenvalue weighted by Crippen LogP contribution is 2.15. The zero-order chi connectivity index (χ0) is 15.2. The van der Waals surface area contributed by atoms with Crippen LogP contribution in [0.2, 0.25) is 5.02 Å². The summed E-state index contributed by atoms with van der Waals surface area (Å²) in [5.41, 5.74) is 0.735. The van der Waals surface area contributed by atoms with Gasteiger partial charge in [0.05, 0.1) is 11.3 Å². The minimum absolute atomic E-state index is 0.0446. The van der Waals surface area contributed by atoms with E-state index in [4.69, 9.17) is 11.6 Å². The summed E-state index contributed by atoms with van der Waals surface area (Å²) in [6, 6.07) is 4.01. The Labute approximate surface area is 127 Å². The molecule has 0 aliphatic carbocycles. The number of aromatic nitrogens is 2. The average molecular weight is 311 g/mol. The summed E-state index contributed by atoms with van der Waals surface area (Å²) in [5.74, 6) is -0.473. The van der Waals surface area contributed by atoms with Gasteiger partial charge in [-0.1, -0.05) is 17.7 Å². The smallest absolute Gasteiger partial charge is 0.315 e. The van der Waals surface area contributed by atoms with Crippen LogP contribution in [0, 0.1) is 5.82 Å². The lowest BCUT2D eigenvalue weighted by Crippen LogP contribution is -2.42. The van der Waals surface area contributed by atoms with Gasteiger partial charge in [-0.2, -0.15) is 0 Å². The lowest BCUT2D eigenvalue weighted by atomic mass is 10.2. The minimum Gasteiger partial charge on any atom is -0.335 e. The SMILES string of the molecule is C[C@H](Cn1ccnc1)NC(=O)NCc1ccc(F)c(Cl)c1. The van der Waals surface area contributed by atoms with Crippen molar-refractivity contribution in [2.24, 2.45) is 0 Å².